The van der Waals surface area contributed by atoms with Gasteiger partial charge >= 0.3 is 5.97 Å². The van der Waals surface area contributed by atoms with E-state index < -0.39 is 11.8 Å². The Kier molecular flexibility index (Phi) is 4.08. The summed E-state index contributed by atoms with van der Waals surface area (Å²) in [6.45, 7) is 4.29. The Morgan fingerprint density at radius 2 is 1.89 bits per heavy atom. The van der Waals surface area contributed by atoms with Gasteiger partial charge in [0.1, 0.15) is 17.5 Å². The zero-order valence-electron chi connectivity index (χ0n) is 11.4. The van der Waals surface area contributed by atoms with Crippen LogP contribution in [0.5, 0.6) is 0 Å². The van der Waals surface area contributed by atoms with E-state index in [0.29, 0.717) is 11.8 Å². The molecule has 1 aromatic carbocycles. The molecule has 0 amide bonds. The minimum atomic E-state index is -0.651. The van der Waals surface area contributed by atoms with E-state index in [1.807, 2.05) is 0 Å². The van der Waals surface area contributed by atoms with Gasteiger partial charge in [-0.3, -0.25) is 0 Å². The Labute approximate surface area is 112 Å². The normalized spacial score (nSPS) is 27.0. The first-order valence-electron chi connectivity index (χ1n) is 6.72. The number of hydrogen-bond acceptors (Lipinski definition) is 3. The lowest BCUT2D eigenvalue weighted by molar-refractivity contribution is 0.00774. The van der Waals surface area contributed by atoms with Crippen LogP contribution in [0.15, 0.2) is 18.2 Å². The molecule has 2 N–H and O–H groups in total. The van der Waals surface area contributed by atoms with Crippen molar-refractivity contribution in [3.8, 4) is 0 Å². The summed E-state index contributed by atoms with van der Waals surface area (Å²) in [5.41, 5.74) is 5.62. The molecule has 3 nitrogen and oxygen atoms in total. The highest BCUT2D eigenvalue weighted by Crippen LogP contribution is 2.31. The van der Waals surface area contributed by atoms with Crippen molar-refractivity contribution in [1.82, 2.24) is 0 Å². The highest BCUT2D eigenvalue weighted by atomic mass is 19.1. The van der Waals surface area contributed by atoms with Crippen LogP contribution in [0.2, 0.25) is 0 Å². The maximum Gasteiger partial charge on any atom is 0.343 e. The van der Waals surface area contributed by atoms with Crippen molar-refractivity contribution >= 4 is 11.7 Å². The number of carbonyl (C=O) groups excluding carboxylic acids is 1. The monoisotopic (exact) mass is 265 g/mol. The first-order valence-corrected chi connectivity index (χ1v) is 6.72. The van der Waals surface area contributed by atoms with E-state index in [-0.39, 0.29) is 17.4 Å². The van der Waals surface area contributed by atoms with E-state index in [4.69, 9.17) is 10.5 Å². The molecule has 0 aliphatic heterocycles. The minimum absolute atomic E-state index is 0.127. The van der Waals surface area contributed by atoms with Crippen LogP contribution in [0.4, 0.5) is 10.1 Å². The average molecular weight is 265 g/mol. The van der Waals surface area contributed by atoms with Crippen LogP contribution in [0, 0.1) is 17.7 Å². The summed E-state index contributed by atoms with van der Waals surface area (Å²) < 4.78 is 19.0. The molecule has 2 unspecified atom stereocenters. The molecular weight excluding hydrogens is 245 g/mol. The van der Waals surface area contributed by atoms with Gasteiger partial charge in [-0.15, -0.1) is 0 Å². The number of halogens is 1. The molecule has 0 radical (unpaired) electrons. The van der Waals surface area contributed by atoms with Crippen molar-refractivity contribution in [2.45, 2.75) is 39.2 Å². The second kappa shape index (κ2) is 5.59. The third-order valence-electron chi connectivity index (χ3n) is 3.66. The Morgan fingerprint density at radius 1 is 1.26 bits per heavy atom. The summed E-state index contributed by atoms with van der Waals surface area (Å²) in [5, 5.41) is 0. The van der Waals surface area contributed by atoms with Gasteiger partial charge in [0.25, 0.3) is 0 Å². The lowest BCUT2D eigenvalue weighted by atomic mass is 9.82. The van der Waals surface area contributed by atoms with E-state index in [2.05, 4.69) is 13.8 Å². The molecule has 2 atom stereocenters. The van der Waals surface area contributed by atoms with Crippen molar-refractivity contribution in [3.63, 3.8) is 0 Å². The van der Waals surface area contributed by atoms with E-state index in [0.717, 1.165) is 19.3 Å². The van der Waals surface area contributed by atoms with Crippen molar-refractivity contribution < 1.29 is 13.9 Å². The molecule has 1 aliphatic carbocycles. The maximum absolute atomic E-state index is 13.6. The van der Waals surface area contributed by atoms with Gasteiger partial charge in [0.15, 0.2) is 0 Å². The summed E-state index contributed by atoms with van der Waals surface area (Å²) in [5.74, 6) is -0.220. The predicted octanol–water partition coefficient (Wildman–Crippen LogP) is 3.39. The van der Waals surface area contributed by atoms with Crippen LogP contribution < -0.4 is 5.73 Å². The fraction of sp³-hybridized carbons (Fsp3) is 0.533. The Morgan fingerprint density at radius 3 is 2.47 bits per heavy atom. The lowest BCUT2D eigenvalue weighted by Gasteiger charge is -2.31. The quantitative estimate of drug-likeness (QED) is 0.658. The van der Waals surface area contributed by atoms with Gasteiger partial charge in [0, 0.05) is 5.69 Å². The zero-order valence-corrected chi connectivity index (χ0v) is 11.4. The molecule has 4 heteroatoms. The topological polar surface area (TPSA) is 52.3 Å². The molecule has 1 fully saturated rings. The zero-order chi connectivity index (χ0) is 14.0. The number of rotatable bonds is 2. The van der Waals surface area contributed by atoms with Gasteiger partial charge in [0.2, 0.25) is 0 Å². The molecule has 19 heavy (non-hydrogen) atoms. The Hall–Kier alpha value is -1.58. The molecule has 0 spiro atoms. The number of anilines is 1. The first-order chi connectivity index (χ1) is 8.97. The van der Waals surface area contributed by atoms with Gasteiger partial charge in [-0.05, 0) is 43.2 Å². The smallest absolute Gasteiger partial charge is 0.343 e. The van der Waals surface area contributed by atoms with E-state index in [1.165, 1.54) is 18.2 Å². The molecule has 1 aromatic rings. The molecule has 0 bridgehead atoms. The average Bonchev–Trinajstić information content (AvgIpc) is 2.26. The summed E-state index contributed by atoms with van der Waals surface area (Å²) in [6.07, 6.45) is 2.69. The number of nitrogens with two attached hydrogens (primary N) is 1. The molecule has 0 saturated heterocycles. The number of benzene rings is 1. The summed E-state index contributed by atoms with van der Waals surface area (Å²) in [4.78, 5) is 12.0. The summed E-state index contributed by atoms with van der Waals surface area (Å²) >= 11 is 0. The fourth-order valence-corrected chi connectivity index (χ4v) is 2.94. The van der Waals surface area contributed by atoms with Gasteiger partial charge < -0.3 is 10.5 Å². The number of esters is 1. The van der Waals surface area contributed by atoms with Crippen LogP contribution in [0.1, 0.15) is 43.5 Å². The van der Waals surface area contributed by atoms with E-state index >= 15 is 0 Å². The van der Waals surface area contributed by atoms with Crippen LogP contribution in [-0.2, 0) is 4.74 Å². The molecule has 0 heterocycles. The van der Waals surface area contributed by atoms with Crippen LogP contribution in [0.3, 0.4) is 0 Å². The van der Waals surface area contributed by atoms with Crippen molar-refractivity contribution in [2.75, 3.05) is 5.73 Å². The van der Waals surface area contributed by atoms with Crippen LogP contribution >= 0.6 is 0 Å². The summed E-state index contributed by atoms with van der Waals surface area (Å²) in [7, 11) is 0. The lowest BCUT2D eigenvalue weighted by Crippen LogP contribution is -2.29. The number of nitrogen functional groups attached to an aromatic ring is 1. The van der Waals surface area contributed by atoms with Crippen molar-refractivity contribution in [3.05, 3.63) is 29.6 Å². The predicted molar refractivity (Wildman–Crippen MR) is 72.2 cm³/mol. The van der Waals surface area contributed by atoms with Crippen LogP contribution in [0.25, 0.3) is 0 Å². The molecule has 1 aliphatic rings. The molecule has 2 rings (SSSR count). The van der Waals surface area contributed by atoms with Gasteiger partial charge in [-0.1, -0.05) is 19.9 Å². The van der Waals surface area contributed by atoms with E-state index in [1.54, 1.807) is 0 Å². The largest absolute Gasteiger partial charge is 0.459 e. The fourth-order valence-electron chi connectivity index (χ4n) is 2.94. The maximum atomic E-state index is 13.6. The van der Waals surface area contributed by atoms with Gasteiger partial charge in [0.05, 0.1) is 0 Å². The SMILES string of the molecule is CC1CC(C)CC(OC(=O)c2c(N)cccc2F)C1. The van der Waals surface area contributed by atoms with E-state index in [9.17, 15) is 9.18 Å². The van der Waals surface area contributed by atoms with Gasteiger partial charge in [-0.25, -0.2) is 9.18 Å². The molecule has 104 valence electrons. The standard InChI is InChI=1S/C15H20FNO2/c1-9-6-10(2)8-11(7-9)19-15(18)14-12(16)4-3-5-13(14)17/h3-5,9-11H,6-8,17H2,1-2H3. The number of carbonyl (C=O) groups is 1. The number of hydrogen-bond donors (Lipinski definition) is 1. The molecular formula is C15H20FNO2. The second-order valence-electron chi connectivity index (χ2n) is 5.65. The highest BCUT2D eigenvalue weighted by molar-refractivity contribution is 5.95. The van der Waals surface area contributed by atoms with Crippen molar-refractivity contribution in [1.29, 1.82) is 0 Å². The highest BCUT2D eigenvalue weighted by Gasteiger charge is 2.28. The third kappa shape index (κ3) is 3.25. The van der Waals surface area contributed by atoms with Gasteiger partial charge in [-0.2, -0.15) is 0 Å². The molecule has 0 aromatic heterocycles. The number of ether oxygens (including phenoxy) is 1. The Balaban J connectivity index is 2.09. The third-order valence-corrected chi connectivity index (χ3v) is 3.66. The van der Waals surface area contributed by atoms with Crippen molar-refractivity contribution in [2.24, 2.45) is 11.8 Å². The minimum Gasteiger partial charge on any atom is -0.459 e. The summed E-state index contributed by atoms with van der Waals surface area (Å²) in [6, 6.07) is 4.21. The first kappa shape index (κ1) is 13.8. The Bertz CT molecular complexity index is 445. The van der Waals surface area contributed by atoms with Crippen LogP contribution in [-0.4, -0.2) is 12.1 Å². The molecule has 1 saturated carbocycles. The second-order valence-corrected chi connectivity index (χ2v) is 5.65.